The van der Waals surface area contributed by atoms with Crippen LogP contribution in [0.3, 0.4) is 0 Å². The first-order valence-electron chi connectivity index (χ1n) is 6.08. The zero-order valence-electron chi connectivity index (χ0n) is 10.7. The Bertz CT molecular complexity index is 749. The van der Waals surface area contributed by atoms with Gasteiger partial charge >= 0.3 is 5.97 Å². The summed E-state index contributed by atoms with van der Waals surface area (Å²) in [5, 5.41) is 10.5. The summed E-state index contributed by atoms with van der Waals surface area (Å²) >= 11 is 0. The molecule has 0 bridgehead atoms. The fraction of sp³-hybridized carbons (Fsp3) is 0. The number of nitro groups is 1. The van der Waals surface area contributed by atoms with Gasteiger partial charge in [0.05, 0.1) is 10.5 Å². The summed E-state index contributed by atoms with van der Waals surface area (Å²) in [4.78, 5) is 21.7. The fourth-order valence-corrected chi connectivity index (χ4v) is 1.94. The van der Waals surface area contributed by atoms with Crippen molar-refractivity contribution >= 4 is 17.4 Å². The highest BCUT2D eigenvalue weighted by atomic mass is 16.6. The third-order valence-corrected chi connectivity index (χ3v) is 2.96. The summed E-state index contributed by atoms with van der Waals surface area (Å²) < 4.78 is 10.5. The van der Waals surface area contributed by atoms with Gasteiger partial charge in [0.2, 0.25) is 0 Å². The average molecular weight is 283 g/mol. The molecule has 0 aliphatic carbocycles. The minimum Gasteiger partial charge on any atom is -0.461 e. The number of nitro benzene ring substituents is 1. The molecule has 1 aliphatic rings. The molecule has 1 aliphatic heterocycles. The van der Waals surface area contributed by atoms with Gasteiger partial charge in [-0.25, -0.2) is 4.79 Å². The molecule has 0 fully saturated rings. The van der Waals surface area contributed by atoms with E-state index in [1.165, 1.54) is 30.5 Å². The summed E-state index contributed by atoms with van der Waals surface area (Å²) in [6.45, 7) is 0. The van der Waals surface area contributed by atoms with Gasteiger partial charge in [0.1, 0.15) is 12.0 Å². The maximum atomic E-state index is 11.6. The highest BCUT2D eigenvalue weighted by Crippen LogP contribution is 2.29. The highest BCUT2D eigenvalue weighted by molar-refractivity contribution is 6.02. The molecule has 0 amide bonds. The van der Waals surface area contributed by atoms with Crippen LogP contribution in [0.5, 0.6) is 5.75 Å². The van der Waals surface area contributed by atoms with Gasteiger partial charge < -0.3 is 9.47 Å². The van der Waals surface area contributed by atoms with E-state index in [1.54, 1.807) is 24.3 Å². The Kier molecular flexibility index (Phi) is 3.12. The maximum Gasteiger partial charge on any atom is 0.344 e. The summed E-state index contributed by atoms with van der Waals surface area (Å²) in [6.07, 6.45) is 1.31. The number of cyclic esters (lactones) is 1. The Morgan fingerprint density at radius 3 is 2.38 bits per heavy atom. The van der Waals surface area contributed by atoms with Crippen molar-refractivity contribution in [1.82, 2.24) is 0 Å². The lowest BCUT2D eigenvalue weighted by Crippen LogP contribution is -1.93. The normalized spacial score (nSPS) is 14.7. The molecule has 0 N–H and O–H groups in total. The second-order valence-corrected chi connectivity index (χ2v) is 4.29. The molecule has 0 atom stereocenters. The van der Waals surface area contributed by atoms with Crippen LogP contribution in [0.1, 0.15) is 15.9 Å². The Labute approximate surface area is 119 Å². The zero-order chi connectivity index (χ0) is 14.8. The molecule has 0 aromatic heterocycles. The second kappa shape index (κ2) is 5.09. The van der Waals surface area contributed by atoms with Crippen molar-refractivity contribution in [2.24, 2.45) is 0 Å². The van der Waals surface area contributed by atoms with Crippen molar-refractivity contribution in [3.63, 3.8) is 0 Å². The topological polar surface area (TPSA) is 78.7 Å². The SMILES string of the molecule is O=C1O/C(=C/Oc2ccc([N+](=O)[O-])cc2)c2ccccc21. The molecular formula is C15H9NO5. The number of nitrogens with zero attached hydrogens (tertiary/aromatic N) is 1. The Balaban J connectivity index is 1.81. The molecule has 0 radical (unpaired) electrons. The lowest BCUT2D eigenvalue weighted by Gasteiger charge is -2.02. The molecule has 6 heteroatoms. The van der Waals surface area contributed by atoms with E-state index in [4.69, 9.17) is 9.47 Å². The molecule has 6 nitrogen and oxygen atoms in total. The third-order valence-electron chi connectivity index (χ3n) is 2.96. The number of hydrogen-bond acceptors (Lipinski definition) is 5. The van der Waals surface area contributed by atoms with Gasteiger partial charge in [0.25, 0.3) is 5.69 Å². The fourth-order valence-electron chi connectivity index (χ4n) is 1.94. The predicted molar refractivity (Wildman–Crippen MR) is 73.6 cm³/mol. The molecule has 104 valence electrons. The van der Waals surface area contributed by atoms with Crippen LogP contribution in [0.25, 0.3) is 5.76 Å². The zero-order valence-corrected chi connectivity index (χ0v) is 10.7. The van der Waals surface area contributed by atoms with Crippen LogP contribution in [-0.4, -0.2) is 10.9 Å². The van der Waals surface area contributed by atoms with E-state index in [0.717, 1.165) is 0 Å². The molecule has 0 unspecified atom stereocenters. The summed E-state index contributed by atoms with van der Waals surface area (Å²) in [5.74, 6) is 0.298. The Morgan fingerprint density at radius 1 is 1.05 bits per heavy atom. The number of benzene rings is 2. The number of carbonyl (C=O) groups is 1. The van der Waals surface area contributed by atoms with Crippen LogP contribution < -0.4 is 4.74 Å². The molecule has 2 aromatic carbocycles. The molecule has 0 saturated carbocycles. The summed E-state index contributed by atoms with van der Waals surface area (Å²) in [6, 6.07) is 12.6. The predicted octanol–water partition coefficient (Wildman–Crippen LogP) is 3.14. The van der Waals surface area contributed by atoms with E-state index in [9.17, 15) is 14.9 Å². The first kappa shape index (κ1) is 12.9. The maximum absolute atomic E-state index is 11.6. The number of esters is 1. The number of carbonyl (C=O) groups excluding carboxylic acids is 1. The first-order chi connectivity index (χ1) is 10.1. The minimum atomic E-state index is -0.489. The van der Waals surface area contributed by atoms with Crippen LogP contribution in [0.4, 0.5) is 5.69 Å². The van der Waals surface area contributed by atoms with E-state index >= 15 is 0 Å². The van der Waals surface area contributed by atoms with Crippen LogP contribution in [0.2, 0.25) is 0 Å². The van der Waals surface area contributed by atoms with Crippen molar-refractivity contribution in [3.05, 3.63) is 76.0 Å². The monoisotopic (exact) mass is 283 g/mol. The van der Waals surface area contributed by atoms with E-state index in [1.807, 2.05) is 0 Å². The lowest BCUT2D eigenvalue weighted by atomic mass is 10.1. The minimum absolute atomic E-state index is 0.0207. The number of hydrogen-bond donors (Lipinski definition) is 0. The van der Waals surface area contributed by atoms with Crippen LogP contribution in [-0.2, 0) is 4.74 Å². The van der Waals surface area contributed by atoms with Gasteiger partial charge in [-0.2, -0.15) is 0 Å². The molecule has 0 saturated heterocycles. The van der Waals surface area contributed by atoms with Gasteiger partial charge in [0, 0.05) is 17.7 Å². The summed E-state index contributed by atoms with van der Waals surface area (Å²) in [7, 11) is 0. The molecule has 1 heterocycles. The highest BCUT2D eigenvalue weighted by Gasteiger charge is 2.26. The van der Waals surface area contributed by atoms with Crippen molar-refractivity contribution in [1.29, 1.82) is 0 Å². The standard InChI is InChI=1S/C15H9NO5/c17-15-13-4-2-1-3-12(13)14(21-15)9-20-11-7-5-10(6-8-11)16(18)19/h1-9H/b14-9+. The second-order valence-electron chi connectivity index (χ2n) is 4.29. The van der Waals surface area contributed by atoms with Crippen molar-refractivity contribution in [3.8, 4) is 5.75 Å². The summed E-state index contributed by atoms with van der Waals surface area (Å²) in [5.41, 5.74) is 1.12. The number of ether oxygens (including phenoxy) is 2. The molecule has 21 heavy (non-hydrogen) atoms. The van der Waals surface area contributed by atoms with E-state index < -0.39 is 10.9 Å². The van der Waals surface area contributed by atoms with E-state index in [-0.39, 0.29) is 5.69 Å². The number of rotatable bonds is 3. The average Bonchev–Trinajstić information content (AvgIpc) is 2.83. The van der Waals surface area contributed by atoms with Crippen LogP contribution in [0, 0.1) is 10.1 Å². The van der Waals surface area contributed by atoms with E-state index in [0.29, 0.717) is 22.6 Å². The largest absolute Gasteiger partial charge is 0.461 e. The lowest BCUT2D eigenvalue weighted by molar-refractivity contribution is -0.384. The first-order valence-corrected chi connectivity index (χ1v) is 6.08. The van der Waals surface area contributed by atoms with E-state index in [2.05, 4.69) is 0 Å². The van der Waals surface area contributed by atoms with Gasteiger partial charge in [-0.3, -0.25) is 10.1 Å². The molecule has 3 rings (SSSR count). The number of fused-ring (bicyclic) bond motifs is 1. The smallest absolute Gasteiger partial charge is 0.344 e. The third kappa shape index (κ3) is 2.46. The quantitative estimate of drug-likeness (QED) is 0.374. The Morgan fingerprint density at radius 2 is 1.71 bits per heavy atom. The van der Waals surface area contributed by atoms with Gasteiger partial charge in [-0.15, -0.1) is 0 Å². The molecule has 0 spiro atoms. The van der Waals surface area contributed by atoms with Gasteiger partial charge in [0.15, 0.2) is 5.76 Å². The van der Waals surface area contributed by atoms with Gasteiger partial charge in [-0.1, -0.05) is 18.2 Å². The van der Waals surface area contributed by atoms with Crippen molar-refractivity contribution < 1.29 is 19.2 Å². The van der Waals surface area contributed by atoms with Crippen molar-refractivity contribution in [2.45, 2.75) is 0 Å². The molecular weight excluding hydrogens is 274 g/mol. The van der Waals surface area contributed by atoms with Crippen molar-refractivity contribution in [2.75, 3.05) is 0 Å². The van der Waals surface area contributed by atoms with Gasteiger partial charge in [-0.05, 0) is 18.2 Å². The Hall–Kier alpha value is -3.15. The van der Waals surface area contributed by atoms with Crippen LogP contribution >= 0.6 is 0 Å². The molecule has 2 aromatic rings. The van der Waals surface area contributed by atoms with Crippen LogP contribution in [0.15, 0.2) is 54.8 Å². The number of non-ortho nitro benzene ring substituents is 1.